The summed E-state index contributed by atoms with van der Waals surface area (Å²) >= 11 is 1.48. The molecule has 0 bridgehead atoms. The summed E-state index contributed by atoms with van der Waals surface area (Å²) in [5, 5.41) is 18.4. The van der Waals surface area contributed by atoms with Crippen LogP contribution < -0.4 is 4.90 Å². The van der Waals surface area contributed by atoms with Crippen molar-refractivity contribution in [3.8, 4) is 12.1 Å². The zero-order valence-corrected chi connectivity index (χ0v) is 11.6. The van der Waals surface area contributed by atoms with Gasteiger partial charge in [0.1, 0.15) is 17.7 Å². The minimum atomic E-state index is 0.0962. The topological polar surface area (TPSA) is 72.9 Å². The van der Waals surface area contributed by atoms with E-state index in [1.165, 1.54) is 11.3 Å². The van der Waals surface area contributed by atoms with E-state index in [1.807, 2.05) is 26.0 Å². The van der Waals surface area contributed by atoms with E-state index in [2.05, 4.69) is 9.88 Å². The van der Waals surface area contributed by atoms with E-state index < -0.39 is 0 Å². The predicted octanol–water partition coefficient (Wildman–Crippen LogP) is 2.19. The molecule has 0 aromatic carbocycles. The Balaban J connectivity index is 2.16. The van der Waals surface area contributed by atoms with Gasteiger partial charge >= 0.3 is 0 Å². The Kier molecular flexibility index (Phi) is 4.16. The first-order valence-electron chi connectivity index (χ1n) is 6.00. The highest BCUT2D eigenvalue weighted by atomic mass is 32.1. The first-order chi connectivity index (χ1) is 9.12. The SMILES string of the molecule is C[C@@H]1CN(c2ncc(C=C(C#N)C#N)s2)C[C@H](C)O1. The van der Waals surface area contributed by atoms with Crippen molar-refractivity contribution < 1.29 is 4.74 Å². The third-order valence-corrected chi connectivity index (χ3v) is 3.73. The van der Waals surface area contributed by atoms with Crippen molar-refractivity contribution in [3.63, 3.8) is 0 Å². The van der Waals surface area contributed by atoms with Gasteiger partial charge < -0.3 is 9.64 Å². The quantitative estimate of drug-likeness (QED) is 0.773. The number of thiazole rings is 1. The number of rotatable bonds is 2. The standard InChI is InChI=1S/C13H14N4OS/c1-9-7-17(8-10(2)18-9)13-16-6-12(19-13)3-11(4-14)5-15/h3,6,9-10H,7-8H2,1-2H3/t9-,10+. The average Bonchev–Trinajstić information content (AvgIpc) is 2.83. The van der Waals surface area contributed by atoms with E-state index in [1.54, 1.807) is 12.3 Å². The fourth-order valence-electron chi connectivity index (χ4n) is 2.06. The number of hydrogen-bond acceptors (Lipinski definition) is 6. The minimum Gasteiger partial charge on any atom is -0.372 e. The van der Waals surface area contributed by atoms with Crippen molar-refractivity contribution in [3.05, 3.63) is 16.6 Å². The van der Waals surface area contributed by atoms with Crippen LogP contribution >= 0.6 is 11.3 Å². The lowest BCUT2D eigenvalue weighted by Gasteiger charge is -2.35. The van der Waals surface area contributed by atoms with Crippen LogP contribution in [0.5, 0.6) is 0 Å². The van der Waals surface area contributed by atoms with Crippen molar-refractivity contribution in [2.75, 3.05) is 18.0 Å². The summed E-state index contributed by atoms with van der Waals surface area (Å²) in [7, 11) is 0. The lowest BCUT2D eigenvalue weighted by molar-refractivity contribution is -0.00522. The summed E-state index contributed by atoms with van der Waals surface area (Å²) < 4.78 is 5.68. The van der Waals surface area contributed by atoms with Gasteiger partial charge in [0.25, 0.3) is 0 Å². The molecular weight excluding hydrogens is 260 g/mol. The second-order valence-corrected chi connectivity index (χ2v) is 5.53. The molecule has 1 aromatic heterocycles. The molecule has 0 radical (unpaired) electrons. The number of nitriles is 2. The smallest absolute Gasteiger partial charge is 0.186 e. The minimum absolute atomic E-state index is 0.0962. The maximum Gasteiger partial charge on any atom is 0.186 e. The Morgan fingerprint density at radius 1 is 1.42 bits per heavy atom. The number of allylic oxidation sites excluding steroid dienone is 1. The highest BCUT2D eigenvalue weighted by Crippen LogP contribution is 2.27. The van der Waals surface area contributed by atoms with E-state index in [-0.39, 0.29) is 17.8 Å². The van der Waals surface area contributed by atoms with Crippen LogP contribution in [0, 0.1) is 22.7 Å². The van der Waals surface area contributed by atoms with Crippen LogP contribution in [-0.2, 0) is 4.74 Å². The average molecular weight is 274 g/mol. The van der Waals surface area contributed by atoms with Gasteiger partial charge in [-0.2, -0.15) is 10.5 Å². The molecule has 2 atom stereocenters. The number of anilines is 1. The molecule has 0 saturated carbocycles. The summed E-state index contributed by atoms with van der Waals surface area (Å²) in [5.41, 5.74) is 0.0962. The van der Waals surface area contributed by atoms with Crippen LogP contribution in [0.3, 0.4) is 0 Å². The van der Waals surface area contributed by atoms with Crippen LogP contribution in [0.25, 0.3) is 6.08 Å². The van der Waals surface area contributed by atoms with Crippen LogP contribution in [0.2, 0.25) is 0 Å². The monoisotopic (exact) mass is 274 g/mol. The molecule has 0 unspecified atom stereocenters. The second kappa shape index (κ2) is 5.83. The molecule has 1 saturated heterocycles. The summed E-state index contributed by atoms with van der Waals surface area (Å²) in [6.45, 7) is 5.70. The van der Waals surface area contributed by atoms with E-state index in [0.29, 0.717) is 0 Å². The van der Waals surface area contributed by atoms with Gasteiger partial charge in [0.05, 0.1) is 17.1 Å². The number of aromatic nitrogens is 1. The van der Waals surface area contributed by atoms with Crippen LogP contribution in [0.4, 0.5) is 5.13 Å². The summed E-state index contributed by atoms with van der Waals surface area (Å²) in [6.07, 6.45) is 3.62. The largest absolute Gasteiger partial charge is 0.372 e. The Bertz CT molecular complexity index is 540. The number of morpholine rings is 1. The molecule has 0 amide bonds. The third-order valence-electron chi connectivity index (χ3n) is 2.73. The Morgan fingerprint density at radius 2 is 2.05 bits per heavy atom. The fourth-order valence-corrected chi connectivity index (χ4v) is 2.93. The molecule has 1 aliphatic rings. The number of ether oxygens (including phenoxy) is 1. The van der Waals surface area contributed by atoms with Gasteiger partial charge in [0.15, 0.2) is 5.13 Å². The van der Waals surface area contributed by atoms with Gasteiger partial charge in [-0.1, -0.05) is 11.3 Å². The molecule has 0 N–H and O–H groups in total. The zero-order chi connectivity index (χ0) is 13.8. The molecule has 5 nitrogen and oxygen atoms in total. The molecule has 6 heteroatoms. The first kappa shape index (κ1) is 13.5. The molecule has 1 aromatic rings. The van der Waals surface area contributed by atoms with Crippen molar-refractivity contribution in [2.45, 2.75) is 26.1 Å². The summed E-state index contributed by atoms with van der Waals surface area (Å²) in [5.74, 6) is 0. The highest BCUT2D eigenvalue weighted by molar-refractivity contribution is 7.16. The summed E-state index contributed by atoms with van der Waals surface area (Å²) in [4.78, 5) is 7.36. The van der Waals surface area contributed by atoms with Crippen LogP contribution in [-0.4, -0.2) is 30.3 Å². The first-order valence-corrected chi connectivity index (χ1v) is 6.82. The lowest BCUT2D eigenvalue weighted by atomic mass is 10.2. The maximum atomic E-state index is 8.73. The molecule has 2 heterocycles. The van der Waals surface area contributed by atoms with Gasteiger partial charge in [0, 0.05) is 19.3 Å². The van der Waals surface area contributed by atoms with Gasteiger partial charge in [0.2, 0.25) is 0 Å². The molecular formula is C13H14N4OS. The van der Waals surface area contributed by atoms with Gasteiger partial charge in [-0.05, 0) is 19.9 Å². The number of nitrogens with zero attached hydrogens (tertiary/aromatic N) is 4. The second-order valence-electron chi connectivity index (χ2n) is 4.49. The van der Waals surface area contributed by atoms with Crippen molar-refractivity contribution >= 4 is 22.5 Å². The predicted molar refractivity (Wildman–Crippen MR) is 73.5 cm³/mol. The van der Waals surface area contributed by atoms with Crippen molar-refractivity contribution in [2.24, 2.45) is 0 Å². The fraction of sp³-hybridized carbons (Fsp3) is 0.462. The van der Waals surface area contributed by atoms with E-state index >= 15 is 0 Å². The van der Waals surface area contributed by atoms with Gasteiger partial charge in [-0.3, -0.25) is 0 Å². The normalized spacial score (nSPS) is 22.4. The van der Waals surface area contributed by atoms with E-state index in [4.69, 9.17) is 15.3 Å². The molecule has 19 heavy (non-hydrogen) atoms. The Morgan fingerprint density at radius 3 is 2.63 bits per heavy atom. The zero-order valence-electron chi connectivity index (χ0n) is 10.8. The molecule has 1 fully saturated rings. The number of hydrogen-bond donors (Lipinski definition) is 0. The molecule has 2 rings (SSSR count). The summed E-state index contributed by atoms with van der Waals surface area (Å²) in [6, 6.07) is 3.70. The molecule has 98 valence electrons. The van der Waals surface area contributed by atoms with E-state index in [0.717, 1.165) is 23.1 Å². The third kappa shape index (κ3) is 3.31. The van der Waals surface area contributed by atoms with E-state index in [9.17, 15) is 0 Å². The highest BCUT2D eigenvalue weighted by Gasteiger charge is 2.24. The Labute approximate surface area is 116 Å². The molecule has 0 spiro atoms. The molecule has 1 aliphatic heterocycles. The Hall–Kier alpha value is -1.89. The van der Waals surface area contributed by atoms with Crippen molar-refractivity contribution in [1.82, 2.24) is 4.98 Å². The van der Waals surface area contributed by atoms with Crippen LogP contribution in [0.1, 0.15) is 18.7 Å². The maximum absolute atomic E-state index is 8.73. The van der Waals surface area contributed by atoms with Gasteiger partial charge in [-0.25, -0.2) is 4.98 Å². The van der Waals surface area contributed by atoms with Crippen LogP contribution in [0.15, 0.2) is 11.8 Å². The van der Waals surface area contributed by atoms with Gasteiger partial charge in [-0.15, -0.1) is 0 Å². The molecule has 0 aliphatic carbocycles. The lowest BCUT2D eigenvalue weighted by Crippen LogP contribution is -2.45. The van der Waals surface area contributed by atoms with Crippen molar-refractivity contribution in [1.29, 1.82) is 10.5 Å².